The molecule has 0 saturated carbocycles. The van der Waals surface area contributed by atoms with Gasteiger partial charge in [0.2, 0.25) is 0 Å². The molecule has 0 aliphatic rings. The molecule has 0 aromatic heterocycles. The van der Waals surface area contributed by atoms with Gasteiger partial charge in [0.1, 0.15) is 0 Å². The average molecular weight is 224 g/mol. The van der Waals surface area contributed by atoms with Crippen molar-refractivity contribution in [2.24, 2.45) is 5.41 Å². The minimum Gasteiger partial charge on any atom is -0.0654 e. The molecule has 0 rings (SSSR count). The van der Waals surface area contributed by atoms with Gasteiger partial charge < -0.3 is 0 Å². The third-order valence-electron chi connectivity index (χ3n) is 3.32. The minimum absolute atomic E-state index is 0.510. The van der Waals surface area contributed by atoms with Crippen LogP contribution < -0.4 is 0 Å². The number of hydrogen-bond acceptors (Lipinski definition) is 0. The van der Waals surface area contributed by atoms with Gasteiger partial charge in [0, 0.05) is 0 Å². The van der Waals surface area contributed by atoms with E-state index >= 15 is 0 Å². The summed E-state index contributed by atoms with van der Waals surface area (Å²) in [6, 6.07) is 0. The third-order valence-corrected chi connectivity index (χ3v) is 3.32. The summed E-state index contributed by atoms with van der Waals surface area (Å²) < 4.78 is 0. The Balaban J connectivity index is 3.29. The summed E-state index contributed by atoms with van der Waals surface area (Å²) in [5.41, 5.74) is 0.510. The van der Waals surface area contributed by atoms with E-state index in [-0.39, 0.29) is 0 Å². The molecule has 0 bridgehead atoms. The lowest BCUT2D eigenvalue weighted by Crippen LogP contribution is -2.11. The van der Waals surface area contributed by atoms with Crippen LogP contribution in [-0.4, -0.2) is 0 Å². The molecule has 0 spiro atoms. The maximum Gasteiger partial charge on any atom is -0.0351 e. The molecule has 0 heteroatoms. The highest BCUT2D eigenvalue weighted by Gasteiger charge is 2.16. The largest absolute Gasteiger partial charge is 0.0654 e. The van der Waals surface area contributed by atoms with Gasteiger partial charge in [0.15, 0.2) is 0 Å². The second-order valence-corrected chi connectivity index (χ2v) is 5.81. The van der Waals surface area contributed by atoms with E-state index in [1.165, 1.54) is 57.8 Å². The standard InChI is InChI=1S/C16H32/c1-5-7-9-10-11-12-13-15-16(3,4)14-8-6-2/h6,13H,5,7-12,14-15H2,1-4H3. The number of unbranched alkanes of at least 4 members (excludes halogenated alkanes) is 7. The molecule has 0 atom stereocenters. The zero-order valence-electron chi connectivity index (χ0n) is 12.0. The number of hydrogen-bond donors (Lipinski definition) is 0. The average Bonchev–Trinajstić information content (AvgIpc) is 2.25. The van der Waals surface area contributed by atoms with Gasteiger partial charge in [0.25, 0.3) is 0 Å². The lowest BCUT2D eigenvalue weighted by Gasteiger charge is -2.24. The van der Waals surface area contributed by atoms with Crippen LogP contribution in [0.4, 0.5) is 0 Å². The molecule has 0 N–H and O–H groups in total. The molecule has 0 aliphatic carbocycles. The Labute approximate surface area is 104 Å². The first-order chi connectivity index (χ1) is 7.62. The summed E-state index contributed by atoms with van der Waals surface area (Å²) in [5.74, 6) is 0. The van der Waals surface area contributed by atoms with Gasteiger partial charge in [-0.05, 0) is 37.5 Å². The van der Waals surface area contributed by atoms with E-state index < -0.39 is 0 Å². The van der Waals surface area contributed by atoms with Crippen LogP contribution >= 0.6 is 0 Å². The number of rotatable bonds is 11. The predicted molar refractivity (Wildman–Crippen MR) is 75.3 cm³/mol. The van der Waals surface area contributed by atoms with Crippen molar-refractivity contribution in [2.75, 3.05) is 0 Å². The van der Waals surface area contributed by atoms with Crippen LogP contribution in [0.15, 0.2) is 0 Å². The monoisotopic (exact) mass is 224 g/mol. The molecule has 16 heavy (non-hydrogen) atoms. The Hall–Kier alpha value is 0. The fraction of sp³-hybridized carbons (Fsp3) is 0.875. The zero-order valence-corrected chi connectivity index (χ0v) is 12.0. The van der Waals surface area contributed by atoms with E-state index in [0.29, 0.717) is 5.41 Å². The van der Waals surface area contributed by atoms with Crippen LogP contribution in [-0.2, 0) is 0 Å². The zero-order chi connectivity index (χ0) is 12.3. The van der Waals surface area contributed by atoms with Crippen molar-refractivity contribution in [2.45, 2.75) is 85.5 Å². The molecule has 0 aromatic rings. The summed E-state index contributed by atoms with van der Waals surface area (Å²) in [7, 11) is 0. The minimum atomic E-state index is 0.510. The first kappa shape index (κ1) is 16.0. The molecule has 0 fully saturated rings. The van der Waals surface area contributed by atoms with E-state index in [1.807, 2.05) is 0 Å². The van der Waals surface area contributed by atoms with Crippen molar-refractivity contribution < 1.29 is 0 Å². The molecule has 0 unspecified atom stereocenters. The second-order valence-electron chi connectivity index (χ2n) is 5.81. The van der Waals surface area contributed by atoms with Crippen molar-refractivity contribution in [1.29, 1.82) is 0 Å². The highest BCUT2D eigenvalue weighted by molar-refractivity contribution is 4.79. The summed E-state index contributed by atoms with van der Waals surface area (Å²) in [5, 5.41) is 0. The highest BCUT2D eigenvalue weighted by atomic mass is 14.2. The van der Waals surface area contributed by atoms with Crippen LogP contribution in [0.25, 0.3) is 0 Å². The van der Waals surface area contributed by atoms with Gasteiger partial charge in [-0.15, -0.1) is 0 Å². The van der Waals surface area contributed by atoms with E-state index in [2.05, 4.69) is 40.5 Å². The maximum atomic E-state index is 2.52. The normalized spacial score (nSPS) is 12.0. The van der Waals surface area contributed by atoms with E-state index in [0.717, 1.165) is 0 Å². The quantitative estimate of drug-likeness (QED) is 0.379. The Morgan fingerprint density at radius 2 is 1.62 bits per heavy atom. The fourth-order valence-electron chi connectivity index (χ4n) is 2.02. The van der Waals surface area contributed by atoms with Crippen LogP contribution in [0.5, 0.6) is 0 Å². The Morgan fingerprint density at radius 1 is 0.938 bits per heavy atom. The van der Waals surface area contributed by atoms with Crippen LogP contribution in [0.3, 0.4) is 0 Å². The van der Waals surface area contributed by atoms with Crippen molar-refractivity contribution in [3.05, 3.63) is 12.8 Å². The van der Waals surface area contributed by atoms with E-state index in [4.69, 9.17) is 0 Å². The van der Waals surface area contributed by atoms with Gasteiger partial charge in [-0.1, -0.05) is 66.2 Å². The van der Waals surface area contributed by atoms with Crippen molar-refractivity contribution in [3.63, 3.8) is 0 Å². The van der Waals surface area contributed by atoms with Gasteiger partial charge in [-0.2, -0.15) is 0 Å². The van der Waals surface area contributed by atoms with Crippen molar-refractivity contribution in [3.8, 4) is 0 Å². The Bertz CT molecular complexity index is 135. The second kappa shape index (κ2) is 10.2. The van der Waals surface area contributed by atoms with Crippen LogP contribution in [0.2, 0.25) is 0 Å². The van der Waals surface area contributed by atoms with Crippen molar-refractivity contribution in [1.82, 2.24) is 0 Å². The molecule has 2 radical (unpaired) electrons. The highest BCUT2D eigenvalue weighted by Crippen LogP contribution is 2.29. The SMILES string of the molecule is C[CH]CCC(C)(C)C[CH]CCCCCCC. The predicted octanol–water partition coefficient (Wildman–Crippen LogP) is 5.97. The van der Waals surface area contributed by atoms with E-state index in [9.17, 15) is 0 Å². The molecule has 0 amide bonds. The Morgan fingerprint density at radius 3 is 2.25 bits per heavy atom. The summed E-state index contributed by atoms with van der Waals surface area (Å²) in [6.07, 6.45) is 17.0. The molecule has 0 nitrogen and oxygen atoms in total. The molecule has 0 aliphatic heterocycles. The van der Waals surface area contributed by atoms with Gasteiger partial charge in [-0.3, -0.25) is 0 Å². The molecule has 0 heterocycles. The van der Waals surface area contributed by atoms with Crippen LogP contribution in [0, 0.1) is 18.3 Å². The first-order valence-corrected chi connectivity index (χ1v) is 7.22. The topological polar surface area (TPSA) is 0 Å². The van der Waals surface area contributed by atoms with Crippen molar-refractivity contribution >= 4 is 0 Å². The molecular weight excluding hydrogens is 192 g/mol. The Kier molecular flexibility index (Phi) is 10.2. The summed E-state index contributed by atoms with van der Waals surface area (Å²) >= 11 is 0. The summed E-state index contributed by atoms with van der Waals surface area (Å²) in [6.45, 7) is 9.22. The van der Waals surface area contributed by atoms with Gasteiger partial charge in [-0.25, -0.2) is 0 Å². The maximum absolute atomic E-state index is 2.52. The summed E-state index contributed by atoms with van der Waals surface area (Å²) in [4.78, 5) is 0. The molecule has 96 valence electrons. The first-order valence-electron chi connectivity index (χ1n) is 7.22. The smallest absolute Gasteiger partial charge is 0.0351 e. The van der Waals surface area contributed by atoms with Gasteiger partial charge >= 0.3 is 0 Å². The van der Waals surface area contributed by atoms with Crippen LogP contribution in [0.1, 0.15) is 85.5 Å². The van der Waals surface area contributed by atoms with Gasteiger partial charge in [0.05, 0.1) is 0 Å². The molecular formula is C16H32. The fourth-order valence-corrected chi connectivity index (χ4v) is 2.02. The third kappa shape index (κ3) is 10.5. The molecule has 0 saturated heterocycles. The lowest BCUT2D eigenvalue weighted by atomic mass is 9.82. The molecule has 0 aromatic carbocycles. The van der Waals surface area contributed by atoms with E-state index in [1.54, 1.807) is 0 Å². The lowest BCUT2D eigenvalue weighted by molar-refractivity contribution is 0.324.